The molecule has 0 radical (unpaired) electrons. The van der Waals surface area contributed by atoms with Crippen molar-refractivity contribution >= 4 is 0 Å². The first kappa shape index (κ1) is 15.5. The number of nitrogens with zero attached hydrogens (tertiary/aromatic N) is 3. The Balaban J connectivity index is 2.01. The zero-order valence-electron chi connectivity index (χ0n) is 13.5. The van der Waals surface area contributed by atoms with Crippen molar-refractivity contribution in [2.24, 2.45) is 5.92 Å². The number of hydrogen-bond donors (Lipinski definition) is 1. The lowest BCUT2D eigenvalue weighted by molar-refractivity contribution is 0.129. The summed E-state index contributed by atoms with van der Waals surface area (Å²) in [6.45, 7) is 11.1. The topological polar surface area (TPSA) is 33.1 Å². The standard InChI is InChI=1S/C16H30N4/c1-5-13-11-19(9-8-16(13)17-4)12-15-10-14(6-2)18-20(15)7-3/h10,13,16-17H,5-9,11-12H2,1-4H3. The first-order valence-corrected chi connectivity index (χ1v) is 8.16. The van der Waals surface area contributed by atoms with E-state index in [4.69, 9.17) is 0 Å². The zero-order valence-corrected chi connectivity index (χ0v) is 13.5. The molecule has 114 valence electrons. The highest BCUT2D eigenvalue weighted by molar-refractivity contribution is 5.10. The maximum Gasteiger partial charge on any atom is 0.0625 e. The van der Waals surface area contributed by atoms with Crippen LogP contribution in [0.3, 0.4) is 0 Å². The van der Waals surface area contributed by atoms with Crippen LogP contribution in [0.4, 0.5) is 0 Å². The summed E-state index contributed by atoms with van der Waals surface area (Å²) in [7, 11) is 2.10. The van der Waals surface area contributed by atoms with E-state index < -0.39 is 0 Å². The molecule has 1 aromatic heterocycles. The summed E-state index contributed by atoms with van der Waals surface area (Å²) < 4.78 is 2.17. The molecule has 0 aliphatic carbocycles. The van der Waals surface area contributed by atoms with Gasteiger partial charge in [-0.1, -0.05) is 20.3 Å². The second kappa shape index (κ2) is 7.23. The van der Waals surface area contributed by atoms with Gasteiger partial charge < -0.3 is 5.32 Å². The van der Waals surface area contributed by atoms with Gasteiger partial charge in [0.2, 0.25) is 0 Å². The van der Waals surface area contributed by atoms with Crippen molar-refractivity contribution in [3.8, 4) is 0 Å². The molecule has 1 aliphatic heterocycles. The molecule has 2 heterocycles. The smallest absolute Gasteiger partial charge is 0.0625 e. The molecule has 1 saturated heterocycles. The summed E-state index contributed by atoms with van der Waals surface area (Å²) in [5.74, 6) is 0.775. The zero-order chi connectivity index (χ0) is 14.5. The predicted octanol–water partition coefficient (Wildman–Crippen LogP) is 2.29. The first-order chi connectivity index (χ1) is 9.71. The van der Waals surface area contributed by atoms with Crippen molar-refractivity contribution in [2.45, 2.75) is 59.2 Å². The third-order valence-electron chi connectivity index (χ3n) is 4.67. The molecule has 1 aliphatic rings. The lowest BCUT2D eigenvalue weighted by Crippen LogP contribution is -2.47. The van der Waals surface area contributed by atoms with Crippen LogP contribution in [0.25, 0.3) is 0 Å². The minimum Gasteiger partial charge on any atom is -0.317 e. The van der Waals surface area contributed by atoms with Crippen LogP contribution in [0.1, 0.15) is 45.0 Å². The van der Waals surface area contributed by atoms with Gasteiger partial charge in [-0.25, -0.2) is 0 Å². The fraction of sp³-hybridized carbons (Fsp3) is 0.812. The highest BCUT2D eigenvalue weighted by Crippen LogP contribution is 2.22. The van der Waals surface area contributed by atoms with E-state index in [0.717, 1.165) is 25.4 Å². The van der Waals surface area contributed by atoms with Gasteiger partial charge in [-0.15, -0.1) is 0 Å². The summed E-state index contributed by atoms with van der Waals surface area (Å²) in [6.07, 6.45) is 3.55. The van der Waals surface area contributed by atoms with E-state index in [9.17, 15) is 0 Å². The predicted molar refractivity (Wildman–Crippen MR) is 83.8 cm³/mol. The van der Waals surface area contributed by atoms with Gasteiger partial charge in [0.25, 0.3) is 0 Å². The monoisotopic (exact) mass is 278 g/mol. The van der Waals surface area contributed by atoms with E-state index in [1.807, 2.05) is 0 Å². The van der Waals surface area contributed by atoms with Crippen molar-refractivity contribution in [1.29, 1.82) is 0 Å². The highest BCUT2D eigenvalue weighted by atomic mass is 15.3. The van der Waals surface area contributed by atoms with Crippen molar-refractivity contribution in [1.82, 2.24) is 20.0 Å². The minimum absolute atomic E-state index is 0.693. The third kappa shape index (κ3) is 3.41. The van der Waals surface area contributed by atoms with Crippen molar-refractivity contribution in [3.05, 3.63) is 17.5 Å². The summed E-state index contributed by atoms with van der Waals surface area (Å²) in [6, 6.07) is 2.98. The van der Waals surface area contributed by atoms with Crippen LogP contribution in [-0.2, 0) is 19.5 Å². The Hall–Kier alpha value is -0.870. The molecular formula is C16H30N4. The summed E-state index contributed by atoms with van der Waals surface area (Å²) in [4.78, 5) is 2.60. The second-order valence-corrected chi connectivity index (χ2v) is 5.88. The second-order valence-electron chi connectivity index (χ2n) is 5.88. The molecule has 4 nitrogen and oxygen atoms in total. The summed E-state index contributed by atoms with van der Waals surface area (Å²) in [5, 5.41) is 8.14. The van der Waals surface area contributed by atoms with E-state index in [2.05, 4.69) is 53.9 Å². The van der Waals surface area contributed by atoms with Crippen LogP contribution < -0.4 is 5.32 Å². The molecule has 2 unspecified atom stereocenters. The maximum absolute atomic E-state index is 4.66. The average Bonchev–Trinajstić information content (AvgIpc) is 2.89. The number of likely N-dealkylation sites (tertiary alicyclic amines) is 1. The summed E-state index contributed by atoms with van der Waals surface area (Å²) >= 11 is 0. The van der Waals surface area contributed by atoms with E-state index in [1.54, 1.807) is 0 Å². The number of aryl methyl sites for hydroxylation is 2. The molecule has 1 N–H and O–H groups in total. The lowest BCUT2D eigenvalue weighted by Gasteiger charge is -2.38. The maximum atomic E-state index is 4.66. The number of rotatable bonds is 6. The van der Waals surface area contributed by atoms with Gasteiger partial charge in [0.1, 0.15) is 0 Å². The molecule has 0 spiro atoms. The SMILES string of the molecule is CCc1cc(CN2CCC(NC)C(CC)C2)n(CC)n1. The van der Waals surface area contributed by atoms with Crippen LogP contribution in [0.5, 0.6) is 0 Å². The molecule has 1 aromatic rings. The molecule has 1 fully saturated rings. The highest BCUT2D eigenvalue weighted by Gasteiger charge is 2.27. The van der Waals surface area contributed by atoms with Crippen LogP contribution in [0.15, 0.2) is 6.07 Å². The Morgan fingerprint density at radius 3 is 2.75 bits per heavy atom. The number of nitrogens with one attached hydrogen (secondary N) is 1. The van der Waals surface area contributed by atoms with Crippen LogP contribution in [0.2, 0.25) is 0 Å². The van der Waals surface area contributed by atoms with Gasteiger partial charge in [-0.3, -0.25) is 9.58 Å². The van der Waals surface area contributed by atoms with E-state index in [0.29, 0.717) is 6.04 Å². The molecule has 2 atom stereocenters. The lowest BCUT2D eigenvalue weighted by atomic mass is 9.90. The van der Waals surface area contributed by atoms with E-state index in [-0.39, 0.29) is 0 Å². The van der Waals surface area contributed by atoms with Crippen molar-refractivity contribution < 1.29 is 0 Å². The quantitative estimate of drug-likeness (QED) is 0.866. The minimum atomic E-state index is 0.693. The number of aromatic nitrogens is 2. The Morgan fingerprint density at radius 2 is 2.15 bits per heavy atom. The van der Waals surface area contributed by atoms with Gasteiger partial charge in [-0.2, -0.15) is 5.10 Å². The molecule has 2 rings (SSSR count). The van der Waals surface area contributed by atoms with Crippen LogP contribution in [0, 0.1) is 5.92 Å². The van der Waals surface area contributed by atoms with Gasteiger partial charge >= 0.3 is 0 Å². The molecular weight excluding hydrogens is 248 g/mol. The Bertz CT molecular complexity index is 413. The fourth-order valence-electron chi connectivity index (χ4n) is 3.36. The molecule has 0 aromatic carbocycles. The number of piperidine rings is 1. The van der Waals surface area contributed by atoms with E-state index >= 15 is 0 Å². The van der Waals surface area contributed by atoms with Crippen molar-refractivity contribution in [3.63, 3.8) is 0 Å². The molecule has 0 bridgehead atoms. The molecule has 20 heavy (non-hydrogen) atoms. The van der Waals surface area contributed by atoms with Crippen molar-refractivity contribution in [2.75, 3.05) is 20.1 Å². The molecule has 0 amide bonds. The van der Waals surface area contributed by atoms with Gasteiger partial charge in [-0.05, 0) is 38.8 Å². The summed E-state index contributed by atoms with van der Waals surface area (Å²) in [5.41, 5.74) is 2.60. The van der Waals surface area contributed by atoms with Gasteiger partial charge in [0, 0.05) is 32.2 Å². The molecule has 0 saturated carbocycles. The third-order valence-corrected chi connectivity index (χ3v) is 4.67. The number of hydrogen-bond acceptors (Lipinski definition) is 3. The van der Waals surface area contributed by atoms with Gasteiger partial charge in [0.05, 0.1) is 11.4 Å². The Labute approximate surface area is 123 Å². The van der Waals surface area contributed by atoms with E-state index in [1.165, 1.54) is 37.3 Å². The normalized spacial score (nSPS) is 24.2. The average molecular weight is 278 g/mol. The molecule has 4 heteroatoms. The fourth-order valence-corrected chi connectivity index (χ4v) is 3.36. The van der Waals surface area contributed by atoms with Gasteiger partial charge in [0.15, 0.2) is 0 Å². The van der Waals surface area contributed by atoms with Crippen LogP contribution >= 0.6 is 0 Å². The Morgan fingerprint density at radius 1 is 1.35 bits per heavy atom. The first-order valence-electron chi connectivity index (χ1n) is 8.16. The largest absolute Gasteiger partial charge is 0.317 e. The van der Waals surface area contributed by atoms with Crippen LogP contribution in [-0.4, -0.2) is 40.9 Å². The Kier molecular flexibility index (Phi) is 5.61.